The van der Waals surface area contributed by atoms with Crippen molar-refractivity contribution in [3.8, 4) is 10.4 Å². The van der Waals surface area contributed by atoms with Gasteiger partial charge in [-0.25, -0.2) is 0 Å². The zero-order valence-electron chi connectivity index (χ0n) is 19.2. The van der Waals surface area contributed by atoms with Crippen LogP contribution in [0.5, 0.6) is 0 Å². The zero-order valence-corrected chi connectivity index (χ0v) is 20.8. The second-order valence-electron chi connectivity index (χ2n) is 7.86. The second kappa shape index (κ2) is 11.2. The summed E-state index contributed by atoms with van der Waals surface area (Å²) in [5, 5.41) is 10.1. The van der Waals surface area contributed by atoms with Crippen molar-refractivity contribution in [1.82, 2.24) is 0 Å². The monoisotopic (exact) mass is 535 g/mol. The van der Waals surface area contributed by atoms with Gasteiger partial charge in [-0.05, 0) is 65.5 Å². The van der Waals surface area contributed by atoms with Crippen molar-refractivity contribution in [3.63, 3.8) is 0 Å². The maximum absolute atomic E-state index is 12.3. The fourth-order valence-electron chi connectivity index (χ4n) is 3.41. The number of hydrogen-bond donors (Lipinski definition) is 4. The van der Waals surface area contributed by atoms with Crippen molar-refractivity contribution >= 4 is 61.8 Å². The highest BCUT2D eigenvalue weighted by Crippen LogP contribution is 2.26. The highest BCUT2D eigenvalue weighted by Gasteiger charge is 2.18. The summed E-state index contributed by atoms with van der Waals surface area (Å²) in [5.41, 5.74) is 2.85. The van der Waals surface area contributed by atoms with E-state index in [2.05, 4.69) is 16.0 Å². The van der Waals surface area contributed by atoms with Crippen LogP contribution in [0, 0.1) is 0 Å². The number of nitrogens with one attached hydrogen (secondary N) is 3. The Balaban J connectivity index is 1.35. The first kappa shape index (κ1) is 25.8. The number of Topliss-reactive ketones (excluding diaryl/α,β-unsaturated/α-hetero) is 1. The second-order valence-corrected chi connectivity index (χ2v) is 10.3. The van der Waals surface area contributed by atoms with E-state index in [1.54, 1.807) is 65.9 Å². The minimum Gasteiger partial charge on any atom is -0.355 e. The first-order valence-electron chi connectivity index (χ1n) is 10.9. The van der Waals surface area contributed by atoms with Crippen LogP contribution in [0.2, 0.25) is 0 Å². The van der Waals surface area contributed by atoms with Gasteiger partial charge in [-0.2, -0.15) is 8.42 Å². The molecule has 0 bridgehead atoms. The smallest absolute Gasteiger partial charge is 0.314 e. The normalized spacial score (nSPS) is 10.9. The van der Waals surface area contributed by atoms with Crippen molar-refractivity contribution in [1.29, 1.82) is 0 Å². The van der Waals surface area contributed by atoms with Gasteiger partial charge in [0.1, 0.15) is 5.75 Å². The summed E-state index contributed by atoms with van der Waals surface area (Å²) in [4.78, 5) is 38.0. The summed E-state index contributed by atoms with van der Waals surface area (Å²) >= 11 is 1.60. The molecule has 4 N–H and O–H groups in total. The van der Waals surface area contributed by atoms with Crippen LogP contribution in [0.4, 0.5) is 22.7 Å². The summed E-state index contributed by atoms with van der Waals surface area (Å²) in [6.45, 7) is 0. The van der Waals surface area contributed by atoms with Crippen molar-refractivity contribution in [2.24, 2.45) is 0 Å². The third-order valence-electron chi connectivity index (χ3n) is 5.12. The van der Waals surface area contributed by atoms with Crippen LogP contribution in [0.1, 0.15) is 10.4 Å². The minimum atomic E-state index is -4.47. The fraction of sp³-hybridized carbons (Fsp3) is 0.0385. The summed E-state index contributed by atoms with van der Waals surface area (Å²) in [5.74, 6) is -3.46. The van der Waals surface area contributed by atoms with Crippen LogP contribution in [-0.2, 0) is 19.7 Å². The summed E-state index contributed by atoms with van der Waals surface area (Å²) < 4.78 is 31.1. The first-order chi connectivity index (χ1) is 17.7. The van der Waals surface area contributed by atoms with Crippen molar-refractivity contribution in [3.05, 3.63) is 95.9 Å². The van der Waals surface area contributed by atoms with Gasteiger partial charge in [-0.3, -0.25) is 18.9 Å². The third kappa shape index (κ3) is 7.10. The predicted octanol–water partition coefficient (Wildman–Crippen LogP) is 4.81. The zero-order chi connectivity index (χ0) is 26.4. The lowest BCUT2D eigenvalue weighted by Crippen LogP contribution is -2.29. The van der Waals surface area contributed by atoms with Crippen LogP contribution in [0.15, 0.2) is 90.3 Å². The molecule has 0 radical (unpaired) electrons. The molecule has 4 rings (SSSR count). The number of ketones is 1. The Labute approximate surface area is 216 Å². The van der Waals surface area contributed by atoms with Gasteiger partial charge in [-0.1, -0.05) is 30.3 Å². The maximum Gasteiger partial charge on any atom is 0.314 e. The summed E-state index contributed by atoms with van der Waals surface area (Å²) in [7, 11) is -4.47. The molecule has 0 saturated carbocycles. The van der Waals surface area contributed by atoms with E-state index in [-0.39, 0.29) is 5.56 Å². The molecule has 0 aliphatic heterocycles. The Morgan fingerprint density at radius 2 is 1.30 bits per heavy atom. The molecule has 0 fully saturated rings. The van der Waals surface area contributed by atoms with E-state index in [0.717, 1.165) is 10.4 Å². The molecule has 1 aromatic heterocycles. The maximum atomic E-state index is 12.3. The number of carbonyl (C=O) groups is 3. The topological polar surface area (TPSA) is 142 Å². The Kier molecular flexibility index (Phi) is 7.77. The molecule has 0 aliphatic rings. The van der Waals surface area contributed by atoms with Gasteiger partial charge in [0.2, 0.25) is 0 Å². The quantitative estimate of drug-likeness (QED) is 0.144. The Morgan fingerprint density at radius 1 is 0.730 bits per heavy atom. The molecule has 0 aliphatic carbocycles. The third-order valence-corrected chi connectivity index (χ3v) is 6.66. The van der Waals surface area contributed by atoms with Crippen molar-refractivity contribution in [2.45, 2.75) is 0 Å². The van der Waals surface area contributed by atoms with Gasteiger partial charge in [0.15, 0.2) is 5.78 Å². The number of carbonyl (C=O) groups excluding carboxylic acids is 3. The largest absolute Gasteiger partial charge is 0.355 e. The predicted molar refractivity (Wildman–Crippen MR) is 144 cm³/mol. The molecule has 9 nitrogen and oxygen atoms in total. The molecule has 1 heterocycles. The molecule has 188 valence electrons. The molecule has 3 aromatic carbocycles. The Hall–Kier alpha value is -4.32. The van der Waals surface area contributed by atoms with Gasteiger partial charge >= 0.3 is 11.8 Å². The lowest BCUT2D eigenvalue weighted by atomic mass is 10.1. The minimum absolute atomic E-state index is 0.0950. The van der Waals surface area contributed by atoms with Gasteiger partial charge in [0, 0.05) is 33.2 Å². The summed E-state index contributed by atoms with van der Waals surface area (Å²) in [6.07, 6.45) is 0. The van der Waals surface area contributed by atoms with Crippen molar-refractivity contribution in [2.75, 3.05) is 21.7 Å². The fourth-order valence-corrected chi connectivity index (χ4v) is 4.63. The average Bonchev–Trinajstić information content (AvgIpc) is 3.40. The van der Waals surface area contributed by atoms with E-state index in [1.807, 2.05) is 29.6 Å². The van der Waals surface area contributed by atoms with Gasteiger partial charge in [0.25, 0.3) is 10.1 Å². The molecule has 37 heavy (non-hydrogen) atoms. The average molecular weight is 536 g/mol. The molecule has 2 amide bonds. The SMILES string of the molecule is O=C(Nc1ccc(Nc2ccccc2C(=O)CS(=O)(=O)O)cc1)C(=O)Nc1ccc(-c2cccs2)cc1. The Bertz CT molecular complexity index is 1530. The molecule has 0 saturated heterocycles. The number of hydrogen-bond acceptors (Lipinski definition) is 7. The van der Waals surface area contributed by atoms with E-state index < -0.39 is 33.5 Å². The van der Waals surface area contributed by atoms with Crippen LogP contribution in [0.25, 0.3) is 10.4 Å². The highest BCUT2D eigenvalue weighted by atomic mass is 32.2. The molecule has 0 atom stereocenters. The van der Waals surface area contributed by atoms with Gasteiger partial charge < -0.3 is 16.0 Å². The van der Waals surface area contributed by atoms with Gasteiger partial charge in [0.05, 0.1) is 0 Å². The molecule has 4 aromatic rings. The molecular weight excluding hydrogens is 514 g/mol. The lowest BCUT2D eigenvalue weighted by Gasteiger charge is -2.12. The lowest BCUT2D eigenvalue weighted by molar-refractivity contribution is -0.132. The number of para-hydroxylation sites is 1. The van der Waals surface area contributed by atoms with Crippen molar-refractivity contribution < 1.29 is 27.4 Å². The number of anilines is 4. The highest BCUT2D eigenvalue weighted by molar-refractivity contribution is 7.86. The Morgan fingerprint density at radius 3 is 1.86 bits per heavy atom. The van der Waals surface area contributed by atoms with Crippen LogP contribution < -0.4 is 16.0 Å². The molecular formula is C26H21N3O6S2. The van der Waals surface area contributed by atoms with Gasteiger partial charge in [-0.15, -0.1) is 11.3 Å². The van der Waals surface area contributed by atoms with Crippen LogP contribution >= 0.6 is 11.3 Å². The summed E-state index contributed by atoms with van der Waals surface area (Å²) in [6, 6.07) is 23.7. The first-order valence-corrected chi connectivity index (χ1v) is 13.4. The number of rotatable bonds is 8. The molecule has 11 heteroatoms. The van der Waals surface area contributed by atoms with E-state index in [9.17, 15) is 22.8 Å². The standard InChI is InChI=1S/C26H21N3O6S2/c30-23(16-37(33,34)35)21-4-1-2-5-22(21)27-18-11-13-20(14-12-18)29-26(32)25(31)28-19-9-7-17(8-10-19)24-6-3-15-36-24/h1-15,27H,16H2,(H,28,31)(H,29,32)(H,33,34,35). The number of thiophene rings is 1. The number of amides is 2. The van der Waals surface area contributed by atoms with E-state index in [4.69, 9.17) is 4.55 Å². The molecule has 0 spiro atoms. The number of benzene rings is 3. The van der Waals surface area contributed by atoms with E-state index in [0.29, 0.717) is 22.7 Å². The van der Waals surface area contributed by atoms with E-state index in [1.165, 1.54) is 6.07 Å². The van der Waals surface area contributed by atoms with E-state index >= 15 is 0 Å². The van der Waals surface area contributed by atoms with Crippen LogP contribution in [-0.4, -0.2) is 36.3 Å². The molecule has 0 unspecified atom stereocenters. The van der Waals surface area contributed by atoms with Crippen LogP contribution in [0.3, 0.4) is 0 Å².